The van der Waals surface area contributed by atoms with Gasteiger partial charge in [0.2, 0.25) is 0 Å². The number of nitrogens with zero attached hydrogens (tertiary/aromatic N) is 3. The van der Waals surface area contributed by atoms with Gasteiger partial charge in [0.1, 0.15) is 11.5 Å². The molecule has 0 unspecified atom stereocenters. The highest BCUT2D eigenvalue weighted by Gasteiger charge is 2.31. The first-order valence-electron chi connectivity index (χ1n) is 8.55. The summed E-state index contributed by atoms with van der Waals surface area (Å²) in [5.74, 6) is -0.368. The summed E-state index contributed by atoms with van der Waals surface area (Å²) in [6.45, 7) is 1.34. The summed E-state index contributed by atoms with van der Waals surface area (Å²) in [6, 6.07) is 6.75. The molecule has 4 rings (SSSR count). The van der Waals surface area contributed by atoms with Gasteiger partial charge in [0.05, 0.1) is 0 Å². The van der Waals surface area contributed by atoms with E-state index in [-0.39, 0.29) is 30.2 Å². The van der Waals surface area contributed by atoms with Crippen molar-refractivity contribution >= 4 is 18.3 Å². The normalized spacial score (nSPS) is 17.3. The lowest BCUT2D eigenvalue weighted by molar-refractivity contribution is 0.0707. The zero-order chi connectivity index (χ0) is 16.7. The number of hydrogen-bond acceptors (Lipinski definition) is 3. The molecule has 1 saturated heterocycles. The molecular formula is C18H22ClFN4O. The van der Waals surface area contributed by atoms with E-state index in [0.29, 0.717) is 24.5 Å². The zero-order valence-corrected chi connectivity index (χ0v) is 14.8. The Kier molecular flexibility index (Phi) is 5.11. The maximum Gasteiger partial charge on any atom is 0.274 e. The van der Waals surface area contributed by atoms with Crippen LogP contribution in [0.1, 0.15) is 41.0 Å². The van der Waals surface area contributed by atoms with Crippen molar-refractivity contribution in [3.05, 3.63) is 47.0 Å². The number of piperidine rings is 1. The summed E-state index contributed by atoms with van der Waals surface area (Å²) < 4.78 is 15.8. The van der Waals surface area contributed by atoms with Crippen LogP contribution in [0.25, 0.3) is 5.69 Å². The summed E-state index contributed by atoms with van der Waals surface area (Å²) in [7, 11) is 0. The van der Waals surface area contributed by atoms with E-state index >= 15 is 0 Å². The van der Waals surface area contributed by atoms with E-state index in [9.17, 15) is 9.18 Å². The maximum atomic E-state index is 14.2. The van der Waals surface area contributed by atoms with Crippen LogP contribution in [0.5, 0.6) is 0 Å². The molecule has 2 aliphatic rings. The van der Waals surface area contributed by atoms with E-state index in [2.05, 4.69) is 5.10 Å². The number of carbonyl (C=O) groups excluding carboxylic acids is 1. The Morgan fingerprint density at radius 3 is 2.64 bits per heavy atom. The van der Waals surface area contributed by atoms with Crippen molar-refractivity contribution in [1.82, 2.24) is 14.7 Å². The van der Waals surface area contributed by atoms with Gasteiger partial charge in [-0.3, -0.25) is 4.79 Å². The summed E-state index contributed by atoms with van der Waals surface area (Å²) in [6.07, 6.45) is 4.28. The van der Waals surface area contributed by atoms with Gasteiger partial charge in [0, 0.05) is 30.4 Å². The van der Waals surface area contributed by atoms with E-state index in [4.69, 9.17) is 5.73 Å². The highest BCUT2D eigenvalue weighted by molar-refractivity contribution is 5.94. The molecule has 1 aliphatic heterocycles. The molecule has 1 aromatic carbocycles. The Hall–Kier alpha value is -1.92. The molecule has 7 heteroatoms. The lowest BCUT2D eigenvalue weighted by Crippen LogP contribution is -2.43. The van der Waals surface area contributed by atoms with Crippen molar-refractivity contribution < 1.29 is 9.18 Å². The standard InChI is InChI=1S/C18H21FN4O.ClH/c19-14-5-1-2-6-16(14)23-15-7-3-4-13(15)17(21-23)18(24)22-10-8-12(20)9-11-22;/h1-2,5-6,12H,3-4,7-11,20H2;1H. The van der Waals surface area contributed by atoms with E-state index < -0.39 is 0 Å². The Balaban J connectivity index is 0.00000182. The van der Waals surface area contributed by atoms with Crippen molar-refractivity contribution in [3.8, 4) is 5.69 Å². The molecule has 0 spiro atoms. The molecule has 1 aliphatic carbocycles. The minimum atomic E-state index is -0.322. The fourth-order valence-corrected chi connectivity index (χ4v) is 3.68. The smallest absolute Gasteiger partial charge is 0.274 e. The number of fused-ring (bicyclic) bond motifs is 1. The third kappa shape index (κ3) is 3.16. The first-order valence-corrected chi connectivity index (χ1v) is 8.55. The molecule has 1 aromatic heterocycles. The molecule has 0 saturated carbocycles. The van der Waals surface area contributed by atoms with Crippen LogP contribution in [0.3, 0.4) is 0 Å². The molecule has 2 aromatic rings. The fraction of sp³-hybridized carbons (Fsp3) is 0.444. The zero-order valence-electron chi connectivity index (χ0n) is 13.9. The maximum absolute atomic E-state index is 14.2. The van der Waals surface area contributed by atoms with Crippen molar-refractivity contribution in [2.75, 3.05) is 13.1 Å². The van der Waals surface area contributed by atoms with E-state index in [1.165, 1.54) is 6.07 Å². The molecule has 25 heavy (non-hydrogen) atoms. The second kappa shape index (κ2) is 7.14. The second-order valence-corrected chi connectivity index (χ2v) is 6.62. The first-order chi connectivity index (χ1) is 11.6. The third-order valence-electron chi connectivity index (χ3n) is 5.04. The van der Waals surface area contributed by atoms with E-state index in [1.54, 1.807) is 22.9 Å². The van der Waals surface area contributed by atoms with Crippen molar-refractivity contribution in [2.45, 2.75) is 38.1 Å². The third-order valence-corrected chi connectivity index (χ3v) is 5.04. The highest BCUT2D eigenvalue weighted by Crippen LogP contribution is 2.29. The van der Waals surface area contributed by atoms with Crippen LogP contribution < -0.4 is 5.73 Å². The predicted octanol–water partition coefficient (Wildman–Crippen LogP) is 2.49. The van der Waals surface area contributed by atoms with Crippen molar-refractivity contribution in [3.63, 3.8) is 0 Å². The summed E-state index contributed by atoms with van der Waals surface area (Å²) in [5, 5.41) is 4.51. The molecule has 2 N–H and O–H groups in total. The van der Waals surface area contributed by atoms with Crippen LogP contribution in [-0.2, 0) is 12.8 Å². The molecule has 2 heterocycles. The molecule has 5 nitrogen and oxygen atoms in total. The van der Waals surface area contributed by atoms with Gasteiger partial charge in [0.25, 0.3) is 5.91 Å². The van der Waals surface area contributed by atoms with Crippen molar-refractivity contribution in [1.29, 1.82) is 0 Å². The number of hydrogen-bond donors (Lipinski definition) is 1. The van der Waals surface area contributed by atoms with Gasteiger partial charge >= 0.3 is 0 Å². The molecule has 1 amide bonds. The van der Waals surface area contributed by atoms with E-state index in [0.717, 1.165) is 43.4 Å². The minimum absolute atomic E-state index is 0. The van der Waals surface area contributed by atoms with Crippen molar-refractivity contribution in [2.24, 2.45) is 5.73 Å². The molecule has 1 fully saturated rings. The average molecular weight is 365 g/mol. The molecule has 0 bridgehead atoms. The van der Waals surface area contributed by atoms with Crippen LogP contribution >= 0.6 is 12.4 Å². The monoisotopic (exact) mass is 364 g/mol. The number of carbonyl (C=O) groups is 1. The number of para-hydroxylation sites is 1. The van der Waals surface area contributed by atoms with Gasteiger partial charge in [-0.25, -0.2) is 9.07 Å². The lowest BCUT2D eigenvalue weighted by atomic mass is 10.1. The van der Waals surface area contributed by atoms with Crippen LogP contribution in [0.4, 0.5) is 4.39 Å². The predicted molar refractivity (Wildman–Crippen MR) is 95.9 cm³/mol. The fourth-order valence-electron chi connectivity index (χ4n) is 3.68. The number of rotatable bonds is 2. The van der Waals surface area contributed by atoms with Gasteiger partial charge in [-0.2, -0.15) is 5.10 Å². The molecule has 0 radical (unpaired) electrons. The highest BCUT2D eigenvalue weighted by atomic mass is 35.5. The Morgan fingerprint density at radius 1 is 1.20 bits per heavy atom. The van der Waals surface area contributed by atoms with E-state index in [1.807, 2.05) is 4.90 Å². The van der Waals surface area contributed by atoms with Gasteiger partial charge in [-0.1, -0.05) is 12.1 Å². The second-order valence-electron chi connectivity index (χ2n) is 6.62. The number of benzene rings is 1. The topological polar surface area (TPSA) is 64.2 Å². The van der Waals surface area contributed by atoms with Gasteiger partial charge in [-0.05, 0) is 44.2 Å². The number of aromatic nitrogens is 2. The molecule has 0 atom stereocenters. The number of amides is 1. The van der Waals surface area contributed by atoms with Crippen LogP contribution in [0.15, 0.2) is 24.3 Å². The largest absolute Gasteiger partial charge is 0.337 e. The average Bonchev–Trinajstić information content (AvgIpc) is 3.18. The summed E-state index contributed by atoms with van der Waals surface area (Å²) >= 11 is 0. The van der Waals surface area contributed by atoms with Crippen LogP contribution in [0.2, 0.25) is 0 Å². The van der Waals surface area contributed by atoms with Gasteiger partial charge in [0.15, 0.2) is 5.69 Å². The Labute approximate surface area is 152 Å². The van der Waals surface area contributed by atoms with Crippen LogP contribution in [-0.4, -0.2) is 39.7 Å². The van der Waals surface area contributed by atoms with Gasteiger partial charge in [-0.15, -0.1) is 12.4 Å². The Bertz CT molecular complexity index is 783. The minimum Gasteiger partial charge on any atom is -0.337 e. The summed E-state index contributed by atoms with van der Waals surface area (Å²) in [4.78, 5) is 14.7. The summed E-state index contributed by atoms with van der Waals surface area (Å²) in [5.41, 5.74) is 8.78. The quantitative estimate of drug-likeness (QED) is 0.890. The van der Waals surface area contributed by atoms with Crippen LogP contribution in [0, 0.1) is 5.82 Å². The molecular weight excluding hydrogens is 343 g/mol. The SMILES string of the molecule is Cl.NC1CCN(C(=O)c2nn(-c3ccccc3F)c3c2CCC3)CC1. The molecule has 134 valence electrons. The number of nitrogens with two attached hydrogens (primary N) is 1. The van der Waals surface area contributed by atoms with Gasteiger partial charge < -0.3 is 10.6 Å². The first kappa shape index (κ1) is 17.9. The number of likely N-dealkylation sites (tertiary alicyclic amines) is 1. The Morgan fingerprint density at radius 2 is 1.92 bits per heavy atom. The number of halogens is 2. The lowest BCUT2D eigenvalue weighted by Gasteiger charge is -2.29.